The molecule has 2 aromatic heterocycles. The van der Waals surface area contributed by atoms with E-state index in [2.05, 4.69) is 4.98 Å². The van der Waals surface area contributed by atoms with Crippen LogP contribution in [0, 0.1) is 0 Å². The second-order valence-corrected chi connectivity index (χ2v) is 11.3. The van der Waals surface area contributed by atoms with E-state index in [1.807, 2.05) is 24.3 Å². The summed E-state index contributed by atoms with van der Waals surface area (Å²) in [6.45, 7) is 1.80. The third-order valence-electron chi connectivity index (χ3n) is 6.76. The summed E-state index contributed by atoms with van der Waals surface area (Å²) in [6.07, 6.45) is -2.69. The molecular weight excluding hydrogens is 519 g/mol. The molecule has 4 heterocycles. The smallest absolute Gasteiger partial charge is 0.351 e. The summed E-state index contributed by atoms with van der Waals surface area (Å²) in [6, 6.07) is 11.8. The van der Waals surface area contributed by atoms with Gasteiger partial charge in [-0.2, -0.15) is 17.5 Å². The van der Waals surface area contributed by atoms with E-state index in [0.717, 1.165) is 21.9 Å². The van der Waals surface area contributed by atoms with Crippen LogP contribution in [0.5, 0.6) is 0 Å². The zero-order valence-corrected chi connectivity index (χ0v) is 20.6. The van der Waals surface area contributed by atoms with Gasteiger partial charge in [-0.3, -0.25) is 5.21 Å². The molecule has 3 unspecified atom stereocenters. The maximum atomic E-state index is 13.3. The highest BCUT2D eigenvalue weighted by Gasteiger charge is 2.52. The molecule has 5 rings (SSSR count). The molecule has 3 aromatic rings. The number of piperidine rings is 1. The molecule has 36 heavy (non-hydrogen) atoms. The van der Waals surface area contributed by atoms with Gasteiger partial charge in [0.15, 0.2) is 11.1 Å². The van der Waals surface area contributed by atoms with Crippen LogP contribution < -0.4 is 4.73 Å². The van der Waals surface area contributed by atoms with Crippen LogP contribution in [0.3, 0.4) is 0 Å². The summed E-state index contributed by atoms with van der Waals surface area (Å²) >= 11 is 6.16. The molecular formula is C24H22ClF3N3O4S+. The molecule has 12 heteroatoms. The summed E-state index contributed by atoms with van der Waals surface area (Å²) in [5.41, 5.74) is 0.331. The number of fused-ring (bicyclic) bond motifs is 2. The Labute approximate surface area is 210 Å². The van der Waals surface area contributed by atoms with Gasteiger partial charge in [0.2, 0.25) is 6.20 Å². The molecule has 3 atom stereocenters. The van der Waals surface area contributed by atoms with E-state index in [4.69, 9.17) is 16.3 Å². The highest BCUT2D eigenvalue weighted by Crippen LogP contribution is 2.52. The molecule has 7 nitrogen and oxygen atoms in total. The molecule has 2 aliphatic heterocycles. The fourth-order valence-corrected chi connectivity index (χ4v) is 6.83. The summed E-state index contributed by atoms with van der Waals surface area (Å²) < 4.78 is 74.0. The highest BCUT2D eigenvalue weighted by molar-refractivity contribution is 7.89. The lowest BCUT2D eigenvalue weighted by Crippen LogP contribution is -2.50. The zero-order valence-electron chi connectivity index (χ0n) is 19.0. The van der Waals surface area contributed by atoms with E-state index in [0.29, 0.717) is 35.8 Å². The van der Waals surface area contributed by atoms with Gasteiger partial charge in [-0.25, -0.2) is 13.4 Å². The van der Waals surface area contributed by atoms with Gasteiger partial charge in [0.25, 0.3) is 15.7 Å². The minimum atomic E-state index is -4.61. The molecule has 1 N–H and O–H groups in total. The molecule has 2 aliphatic rings. The molecule has 0 bridgehead atoms. The number of hydrogen-bond donors (Lipinski definition) is 1. The van der Waals surface area contributed by atoms with Gasteiger partial charge >= 0.3 is 6.18 Å². The Hall–Kier alpha value is -2.73. The average Bonchev–Trinajstić information content (AvgIpc) is 3.13. The first-order valence-electron chi connectivity index (χ1n) is 11.1. The van der Waals surface area contributed by atoms with Crippen molar-refractivity contribution >= 4 is 21.6 Å². The lowest BCUT2D eigenvalue weighted by molar-refractivity contribution is -0.911. The predicted molar refractivity (Wildman–Crippen MR) is 122 cm³/mol. The van der Waals surface area contributed by atoms with Crippen molar-refractivity contribution in [2.75, 3.05) is 6.54 Å². The Morgan fingerprint density at radius 2 is 1.97 bits per heavy atom. The van der Waals surface area contributed by atoms with Crippen LogP contribution >= 0.6 is 11.6 Å². The number of benzene rings is 1. The zero-order chi connectivity index (χ0) is 25.9. The number of halogens is 4. The molecule has 0 saturated carbocycles. The lowest BCUT2D eigenvalue weighted by Gasteiger charge is -2.42. The first-order valence-corrected chi connectivity index (χ1v) is 13.0. The van der Waals surface area contributed by atoms with Gasteiger partial charge in [-0.1, -0.05) is 35.9 Å². The fraction of sp³-hybridized carbons (Fsp3) is 0.333. The van der Waals surface area contributed by atoms with E-state index in [9.17, 15) is 26.8 Å². The van der Waals surface area contributed by atoms with E-state index in [-0.39, 0.29) is 6.54 Å². The van der Waals surface area contributed by atoms with Crippen molar-refractivity contribution < 1.29 is 36.3 Å². The first-order chi connectivity index (χ1) is 16.9. The number of rotatable bonds is 3. The van der Waals surface area contributed by atoms with Crippen LogP contribution in [0.4, 0.5) is 13.2 Å². The number of sulfonamides is 1. The van der Waals surface area contributed by atoms with Gasteiger partial charge in [-0.15, -0.1) is 0 Å². The summed E-state index contributed by atoms with van der Waals surface area (Å²) in [7, 11) is -4.14. The Bertz CT molecular complexity index is 1420. The quantitative estimate of drug-likeness (QED) is 0.391. The van der Waals surface area contributed by atoms with Gasteiger partial charge in [0, 0.05) is 35.6 Å². The molecule has 0 radical (unpaired) electrons. The van der Waals surface area contributed by atoms with Crippen molar-refractivity contribution in [3.05, 3.63) is 88.3 Å². The summed E-state index contributed by atoms with van der Waals surface area (Å²) in [4.78, 5) is 3.60. The van der Waals surface area contributed by atoms with Gasteiger partial charge in [0.05, 0.1) is 16.2 Å². The maximum absolute atomic E-state index is 13.3. The summed E-state index contributed by atoms with van der Waals surface area (Å²) in [5, 5.41) is 10.4. The second kappa shape index (κ2) is 8.69. The molecule has 1 saturated heterocycles. The standard InChI is InChI=1S/C24H22ClF3N3O4S/c1-15-13-23(9-11-31(15)36(33,34)21-7-6-16(14-29-21)24(26,27)28)19-5-3-2-4-18(19)22(35-23)20-12-17(25)8-10-30(20)32/h2-8,10,12,14-15,22,32H,9,11,13H2,1H3/q+1. The predicted octanol–water partition coefficient (Wildman–Crippen LogP) is 4.47. The molecule has 0 amide bonds. The number of ether oxygens (including phenoxy) is 1. The second-order valence-electron chi connectivity index (χ2n) is 9.00. The topological polar surface area (TPSA) is 83.6 Å². The molecule has 1 spiro atoms. The minimum absolute atomic E-state index is 0.0714. The van der Waals surface area contributed by atoms with Crippen molar-refractivity contribution in [2.24, 2.45) is 0 Å². The molecule has 1 aromatic carbocycles. The monoisotopic (exact) mass is 540 g/mol. The van der Waals surface area contributed by atoms with Crippen LogP contribution in [-0.2, 0) is 26.5 Å². The fourth-order valence-electron chi connectivity index (χ4n) is 5.11. The number of hydrogen-bond acceptors (Lipinski definition) is 5. The van der Waals surface area contributed by atoms with Crippen molar-refractivity contribution in [3.63, 3.8) is 0 Å². The SMILES string of the molecule is CC1CC2(CCN1S(=O)(=O)c1ccc(C(F)(F)F)cn1)OC(c1cc(Cl)cc[n+]1O)c1ccccc12. The van der Waals surface area contributed by atoms with Crippen molar-refractivity contribution in [1.29, 1.82) is 0 Å². The van der Waals surface area contributed by atoms with Crippen LogP contribution in [0.15, 0.2) is 66.0 Å². The third-order valence-corrected chi connectivity index (χ3v) is 8.93. The van der Waals surface area contributed by atoms with E-state index in [1.54, 1.807) is 19.1 Å². The Balaban J connectivity index is 1.45. The van der Waals surface area contributed by atoms with E-state index in [1.165, 1.54) is 10.5 Å². The first kappa shape index (κ1) is 24.9. The van der Waals surface area contributed by atoms with Crippen molar-refractivity contribution in [1.82, 2.24) is 9.29 Å². The van der Waals surface area contributed by atoms with Crippen molar-refractivity contribution in [3.8, 4) is 0 Å². The average molecular weight is 541 g/mol. The lowest BCUT2D eigenvalue weighted by atomic mass is 9.81. The van der Waals surface area contributed by atoms with Crippen LogP contribution in [0.25, 0.3) is 0 Å². The normalized spacial score (nSPS) is 24.7. The third kappa shape index (κ3) is 4.13. The number of nitrogens with zero attached hydrogens (tertiary/aromatic N) is 3. The molecule has 1 fully saturated rings. The maximum Gasteiger partial charge on any atom is 0.417 e. The summed E-state index contributed by atoms with van der Waals surface area (Å²) in [5.74, 6) is 0. The van der Waals surface area contributed by atoms with Crippen molar-refractivity contribution in [2.45, 2.75) is 48.7 Å². The largest absolute Gasteiger partial charge is 0.417 e. The highest BCUT2D eigenvalue weighted by atomic mass is 35.5. The minimum Gasteiger partial charge on any atom is -0.351 e. The Kier molecular flexibility index (Phi) is 6.02. The van der Waals surface area contributed by atoms with Gasteiger partial charge in [0.1, 0.15) is 0 Å². The molecule has 190 valence electrons. The number of pyridine rings is 2. The Morgan fingerprint density at radius 1 is 1.22 bits per heavy atom. The number of alkyl halides is 3. The van der Waals surface area contributed by atoms with E-state index >= 15 is 0 Å². The van der Waals surface area contributed by atoms with Gasteiger partial charge in [-0.05, 0) is 43.0 Å². The van der Waals surface area contributed by atoms with Crippen LogP contribution in [-0.4, -0.2) is 35.5 Å². The van der Waals surface area contributed by atoms with Crippen LogP contribution in [0.1, 0.15) is 48.3 Å². The van der Waals surface area contributed by atoms with Gasteiger partial charge < -0.3 is 4.74 Å². The Morgan fingerprint density at radius 3 is 2.64 bits per heavy atom. The molecule has 0 aliphatic carbocycles. The number of aromatic nitrogens is 2. The van der Waals surface area contributed by atoms with Crippen LogP contribution in [0.2, 0.25) is 5.02 Å². The van der Waals surface area contributed by atoms with E-state index < -0.39 is 44.5 Å².